The van der Waals surface area contributed by atoms with E-state index in [4.69, 9.17) is 0 Å². The zero-order valence-corrected chi connectivity index (χ0v) is 16.4. The zero-order valence-electron chi connectivity index (χ0n) is 14.8. The molecule has 0 aliphatic carbocycles. The van der Waals surface area contributed by atoms with Crippen molar-refractivity contribution in [1.82, 2.24) is 14.9 Å². The second-order valence-corrected chi connectivity index (χ2v) is 7.56. The zero-order chi connectivity index (χ0) is 18.1. The van der Waals surface area contributed by atoms with E-state index in [0.717, 1.165) is 58.5 Å². The molecule has 1 aliphatic heterocycles. The first-order valence-corrected chi connectivity index (χ1v) is 9.57. The van der Waals surface area contributed by atoms with Crippen LogP contribution in [0.3, 0.4) is 0 Å². The molecule has 26 heavy (non-hydrogen) atoms. The Bertz CT molecular complexity index is 944. The van der Waals surface area contributed by atoms with E-state index in [1.165, 1.54) is 5.69 Å². The van der Waals surface area contributed by atoms with Crippen molar-refractivity contribution in [3.63, 3.8) is 0 Å². The van der Waals surface area contributed by atoms with Crippen LogP contribution in [-0.4, -0.2) is 41.0 Å². The Hall–Kier alpha value is -2.40. The summed E-state index contributed by atoms with van der Waals surface area (Å²) < 4.78 is 1.04. The summed E-state index contributed by atoms with van der Waals surface area (Å²) >= 11 is 3.55. The van der Waals surface area contributed by atoms with Gasteiger partial charge in [-0.1, -0.05) is 34.6 Å². The summed E-state index contributed by atoms with van der Waals surface area (Å²) in [5.74, 6) is 0. The summed E-state index contributed by atoms with van der Waals surface area (Å²) in [6.45, 7) is 10.2. The van der Waals surface area contributed by atoms with Crippen LogP contribution in [0.15, 0.2) is 65.5 Å². The lowest BCUT2D eigenvalue weighted by Crippen LogP contribution is -2.45. The lowest BCUT2D eigenvalue weighted by atomic mass is 10.1. The lowest BCUT2D eigenvalue weighted by Gasteiger charge is -2.37. The number of benzene rings is 2. The molecule has 132 valence electrons. The topological polar surface area (TPSA) is 32.3 Å². The summed E-state index contributed by atoms with van der Waals surface area (Å²) in [6.07, 6.45) is 1.64. The summed E-state index contributed by atoms with van der Waals surface area (Å²) in [6, 6.07) is 14.8. The number of allylic oxidation sites excluding steroid dienone is 1. The fraction of sp³-hybridized carbons (Fsp3) is 0.238. The Balaban J connectivity index is 1.59. The van der Waals surface area contributed by atoms with Crippen LogP contribution < -0.4 is 4.90 Å². The van der Waals surface area contributed by atoms with E-state index in [1.807, 2.05) is 12.1 Å². The highest BCUT2D eigenvalue weighted by molar-refractivity contribution is 9.10. The highest BCUT2D eigenvalue weighted by Crippen LogP contribution is 2.29. The predicted octanol–water partition coefficient (Wildman–Crippen LogP) is 4.71. The first-order chi connectivity index (χ1) is 12.6. The molecule has 1 fully saturated rings. The molecule has 1 saturated heterocycles. The number of hydrogen-bond donors (Lipinski definition) is 0. The third kappa shape index (κ3) is 3.31. The average Bonchev–Trinajstić information content (AvgIpc) is 2.68. The van der Waals surface area contributed by atoms with Crippen LogP contribution in [0.4, 0.5) is 5.69 Å². The monoisotopic (exact) mass is 408 g/mol. The van der Waals surface area contributed by atoms with Crippen LogP contribution in [0.25, 0.3) is 22.2 Å². The van der Waals surface area contributed by atoms with Crippen molar-refractivity contribution in [2.75, 3.05) is 31.1 Å². The average molecular weight is 409 g/mol. The smallest absolute Gasteiger partial charge is 0.116 e. The molecule has 1 aliphatic rings. The van der Waals surface area contributed by atoms with E-state index in [0.29, 0.717) is 0 Å². The van der Waals surface area contributed by atoms with E-state index in [2.05, 4.69) is 79.5 Å². The maximum Gasteiger partial charge on any atom is 0.116 e. The van der Waals surface area contributed by atoms with Crippen LogP contribution in [0.1, 0.15) is 6.92 Å². The highest BCUT2D eigenvalue weighted by atomic mass is 79.9. The Labute approximate surface area is 162 Å². The molecule has 4 nitrogen and oxygen atoms in total. The minimum atomic E-state index is 0.957. The van der Waals surface area contributed by atoms with E-state index in [-0.39, 0.29) is 0 Å². The van der Waals surface area contributed by atoms with Crippen molar-refractivity contribution in [2.45, 2.75) is 6.92 Å². The minimum absolute atomic E-state index is 0.957. The van der Waals surface area contributed by atoms with Gasteiger partial charge in [0.15, 0.2) is 0 Å². The van der Waals surface area contributed by atoms with Crippen LogP contribution >= 0.6 is 15.9 Å². The van der Waals surface area contributed by atoms with Gasteiger partial charge in [-0.05, 0) is 37.3 Å². The fourth-order valence-corrected chi connectivity index (χ4v) is 3.80. The molecule has 0 atom stereocenters. The van der Waals surface area contributed by atoms with Crippen LogP contribution in [0.2, 0.25) is 0 Å². The normalized spacial score (nSPS) is 14.7. The molecule has 1 aromatic heterocycles. The molecule has 5 heteroatoms. The fourth-order valence-electron chi connectivity index (χ4n) is 3.44. The van der Waals surface area contributed by atoms with Gasteiger partial charge < -0.3 is 9.80 Å². The second-order valence-electron chi connectivity index (χ2n) is 6.64. The largest absolute Gasteiger partial charge is 0.372 e. The van der Waals surface area contributed by atoms with Crippen LogP contribution in [-0.2, 0) is 0 Å². The quantitative estimate of drug-likeness (QED) is 0.627. The van der Waals surface area contributed by atoms with Crippen molar-refractivity contribution in [3.05, 3.63) is 65.5 Å². The van der Waals surface area contributed by atoms with Crippen molar-refractivity contribution in [2.24, 2.45) is 0 Å². The van der Waals surface area contributed by atoms with Gasteiger partial charge >= 0.3 is 0 Å². The number of rotatable bonds is 3. The number of halogens is 1. The van der Waals surface area contributed by atoms with Crippen molar-refractivity contribution in [1.29, 1.82) is 0 Å². The van der Waals surface area contributed by atoms with E-state index in [9.17, 15) is 0 Å². The first kappa shape index (κ1) is 17.0. The Morgan fingerprint density at radius 2 is 1.73 bits per heavy atom. The molecule has 0 radical (unpaired) electrons. The summed E-state index contributed by atoms with van der Waals surface area (Å²) in [5, 5.41) is 1.06. The maximum atomic E-state index is 4.53. The van der Waals surface area contributed by atoms with Gasteiger partial charge in [0.25, 0.3) is 0 Å². The van der Waals surface area contributed by atoms with Gasteiger partial charge in [0.2, 0.25) is 0 Å². The molecular weight excluding hydrogens is 388 g/mol. The summed E-state index contributed by atoms with van der Waals surface area (Å²) in [5.41, 5.74) is 5.45. The molecule has 3 aromatic rings. The third-order valence-corrected chi connectivity index (χ3v) is 5.42. The maximum absolute atomic E-state index is 4.53. The van der Waals surface area contributed by atoms with E-state index < -0.39 is 0 Å². The Morgan fingerprint density at radius 1 is 1.00 bits per heavy atom. The predicted molar refractivity (Wildman–Crippen MR) is 111 cm³/mol. The van der Waals surface area contributed by atoms with Crippen LogP contribution in [0.5, 0.6) is 0 Å². The van der Waals surface area contributed by atoms with Crippen molar-refractivity contribution < 1.29 is 0 Å². The molecule has 2 heterocycles. The van der Waals surface area contributed by atoms with Gasteiger partial charge in [-0.25, -0.2) is 9.97 Å². The van der Waals surface area contributed by atoms with Gasteiger partial charge in [-0.3, -0.25) is 0 Å². The molecule has 0 N–H and O–H groups in total. The number of aromatic nitrogens is 2. The number of nitrogens with zero attached hydrogens (tertiary/aromatic N) is 4. The van der Waals surface area contributed by atoms with Gasteiger partial charge in [0.1, 0.15) is 6.33 Å². The van der Waals surface area contributed by atoms with Crippen molar-refractivity contribution in [3.8, 4) is 11.3 Å². The highest BCUT2D eigenvalue weighted by Gasteiger charge is 2.17. The first-order valence-electron chi connectivity index (χ1n) is 8.78. The molecule has 0 amide bonds. The standard InChI is InChI=1S/C21H21BrN4/c1-15(2)25-9-11-26(12-10-25)18-6-3-16(4-7-18)21-19-13-17(22)5-8-20(19)23-14-24-21/h3-8,13-14H,1,9-12H2,2H3. The molecule has 2 aromatic carbocycles. The molecule has 0 saturated carbocycles. The van der Waals surface area contributed by atoms with Gasteiger partial charge in [-0.2, -0.15) is 0 Å². The third-order valence-electron chi connectivity index (χ3n) is 4.92. The number of piperazine rings is 1. The molecule has 0 bridgehead atoms. The molecule has 0 unspecified atom stereocenters. The summed E-state index contributed by atoms with van der Waals surface area (Å²) in [4.78, 5) is 13.7. The van der Waals surface area contributed by atoms with Gasteiger partial charge in [0, 0.05) is 53.0 Å². The van der Waals surface area contributed by atoms with Crippen molar-refractivity contribution >= 4 is 32.5 Å². The molecule has 4 rings (SSSR count). The number of anilines is 1. The van der Waals surface area contributed by atoms with E-state index >= 15 is 0 Å². The minimum Gasteiger partial charge on any atom is -0.372 e. The van der Waals surface area contributed by atoms with Crippen LogP contribution in [0, 0.1) is 0 Å². The summed E-state index contributed by atoms with van der Waals surface area (Å²) in [7, 11) is 0. The number of fused-ring (bicyclic) bond motifs is 1. The Kier molecular flexibility index (Phi) is 4.64. The van der Waals surface area contributed by atoms with E-state index in [1.54, 1.807) is 6.33 Å². The lowest BCUT2D eigenvalue weighted by molar-refractivity contribution is 0.323. The second kappa shape index (κ2) is 7.08. The number of hydrogen-bond acceptors (Lipinski definition) is 4. The van der Waals surface area contributed by atoms with Gasteiger partial charge in [-0.15, -0.1) is 0 Å². The Morgan fingerprint density at radius 3 is 2.42 bits per heavy atom. The molecular formula is C21H21BrN4. The SMILES string of the molecule is C=C(C)N1CCN(c2ccc(-c3ncnc4ccc(Br)cc34)cc2)CC1. The molecule has 0 spiro atoms. The van der Waals surface area contributed by atoms with Gasteiger partial charge in [0.05, 0.1) is 11.2 Å².